The summed E-state index contributed by atoms with van der Waals surface area (Å²) in [5, 5.41) is 0.873. The number of hydrogen-bond acceptors (Lipinski definition) is 6. The summed E-state index contributed by atoms with van der Waals surface area (Å²) in [4.78, 5) is 29.4. The van der Waals surface area contributed by atoms with Gasteiger partial charge in [0, 0.05) is 12.6 Å². The van der Waals surface area contributed by atoms with Crippen LogP contribution in [0.5, 0.6) is 11.5 Å². The van der Waals surface area contributed by atoms with Gasteiger partial charge in [-0.2, -0.15) is 0 Å². The molecule has 1 aromatic heterocycles. The lowest BCUT2D eigenvalue weighted by Gasteiger charge is -2.17. The Morgan fingerprint density at radius 2 is 2.00 bits per heavy atom. The average Bonchev–Trinajstić information content (AvgIpc) is 3.09. The molecule has 140 valence electrons. The second-order valence-electron chi connectivity index (χ2n) is 5.87. The van der Waals surface area contributed by atoms with Crippen LogP contribution in [0.2, 0.25) is 0 Å². The highest BCUT2D eigenvalue weighted by Crippen LogP contribution is 2.28. The predicted molar refractivity (Wildman–Crippen MR) is 105 cm³/mol. The van der Waals surface area contributed by atoms with Crippen LogP contribution in [-0.4, -0.2) is 42.3 Å². The fraction of sp³-hybridized carbons (Fsp3) is 0.250. The van der Waals surface area contributed by atoms with Crippen LogP contribution in [0.4, 0.5) is 0 Å². The summed E-state index contributed by atoms with van der Waals surface area (Å²) < 4.78 is 12.2. The van der Waals surface area contributed by atoms with E-state index in [9.17, 15) is 9.59 Å². The van der Waals surface area contributed by atoms with Crippen LogP contribution in [0.3, 0.4) is 0 Å². The Kier molecular flexibility index (Phi) is 6.03. The molecule has 0 bridgehead atoms. The SMILES string of the molecule is CCOc1cc(C=O)ccc1OCC(=O)N(C)Cc1nc2ccccc2s1. The van der Waals surface area contributed by atoms with Crippen LogP contribution in [-0.2, 0) is 11.3 Å². The van der Waals surface area contributed by atoms with E-state index in [0.717, 1.165) is 21.5 Å². The maximum Gasteiger partial charge on any atom is 0.260 e. The number of hydrogen-bond donors (Lipinski definition) is 0. The molecule has 3 aromatic rings. The molecule has 3 rings (SSSR count). The number of fused-ring (bicyclic) bond motifs is 1. The molecule has 1 amide bonds. The number of benzene rings is 2. The van der Waals surface area contributed by atoms with Crippen molar-refractivity contribution in [3.8, 4) is 11.5 Å². The number of aromatic nitrogens is 1. The lowest BCUT2D eigenvalue weighted by atomic mass is 10.2. The Bertz CT molecular complexity index is 921. The number of carbonyl (C=O) groups is 2. The number of likely N-dealkylation sites (N-methyl/N-ethyl adjacent to an activating group) is 1. The van der Waals surface area contributed by atoms with Gasteiger partial charge in [0.2, 0.25) is 0 Å². The van der Waals surface area contributed by atoms with Crippen molar-refractivity contribution in [3.63, 3.8) is 0 Å². The van der Waals surface area contributed by atoms with Crippen molar-refractivity contribution in [1.29, 1.82) is 0 Å². The van der Waals surface area contributed by atoms with Gasteiger partial charge in [0.1, 0.15) is 11.3 Å². The highest BCUT2D eigenvalue weighted by atomic mass is 32.1. The van der Waals surface area contributed by atoms with Gasteiger partial charge in [-0.3, -0.25) is 9.59 Å². The molecule has 0 aliphatic heterocycles. The molecule has 0 fully saturated rings. The van der Waals surface area contributed by atoms with E-state index in [2.05, 4.69) is 4.98 Å². The molecule has 1 heterocycles. The zero-order chi connectivity index (χ0) is 19.2. The van der Waals surface area contributed by atoms with Gasteiger partial charge in [-0.25, -0.2) is 4.98 Å². The van der Waals surface area contributed by atoms with E-state index in [1.54, 1.807) is 41.5 Å². The molecule has 0 atom stereocenters. The van der Waals surface area contributed by atoms with E-state index in [0.29, 0.717) is 30.2 Å². The van der Waals surface area contributed by atoms with Gasteiger partial charge in [-0.15, -0.1) is 11.3 Å². The molecule has 0 aliphatic carbocycles. The number of nitrogens with zero attached hydrogens (tertiary/aromatic N) is 2. The van der Waals surface area contributed by atoms with E-state index in [4.69, 9.17) is 9.47 Å². The molecule has 2 aromatic carbocycles. The minimum atomic E-state index is -0.170. The van der Waals surface area contributed by atoms with E-state index in [-0.39, 0.29) is 12.5 Å². The van der Waals surface area contributed by atoms with Crippen molar-refractivity contribution in [3.05, 3.63) is 53.0 Å². The Morgan fingerprint density at radius 1 is 1.19 bits per heavy atom. The van der Waals surface area contributed by atoms with E-state index >= 15 is 0 Å². The smallest absolute Gasteiger partial charge is 0.260 e. The van der Waals surface area contributed by atoms with Gasteiger partial charge in [0.25, 0.3) is 5.91 Å². The topological polar surface area (TPSA) is 68.7 Å². The molecule has 0 radical (unpaired) electrons. The van der Waals surface area contributed by atoms with Crippen molar-refractivity contribution < 1.29 is 19.1 Å². The first kappa shape index (κ1) is 18.8. The third kappa shape index (κ3) is 4.62. The minimum absolute atomic E-state index is 0.123. The van der Waals surface area contributed by atoms with Gasteiger partial charge >= 0.3 is 0 Å². The molecule has 6 nitrogen and oxygen atoms in total. The fourth-order valence-corrected chi connectivity index (χ4v) is 3.53. The molecule has 0 N–H and O–H groups in total. The number of para-hydroxylation sites is 1. The van der Waals surface area contributed by atoms with Crippen LogP contribution in [0.1, 0.15) is 22.3 Å². The van der Waals surface area contributed by atoms with Crippen LogP contribution in [0.25, 0.3) is 10.2 Å². The monoisotopic (exact) mass is 384 g/mol. The van der Waals surface area contributed by atoms with Gasteiger partial charge in [0.05, 0.1) is 23.4 Å². The third-order valence-corrected chi connectivity index (χ3v) is 4.91. The summed E-state index contributed by atoms with van der Waals surface area (Å²) in [5.41, 5.74) is 1.43. The number of rotatable bonds is 8. The molecule has 0 aliphatic rings. The Labute approximate surface area is 161 Å². The summed E-state index contributed by atoms with van der Waals surface area (Å²) in [5.74, 6) is 0.712. The number of thiazole rings is 1. The molecular weight excluding hydrogens is 364 g/mol. The first-order valence-corrected chi connectivity index (χ1v) is 9.35. The highest BCUT2D eigenvalue weighted by Gasteiger charge is 2.14. The summed E-state index contributed by atoms with van der Waals surface area (Å²) in [6.45, 7) is 2.57. The van der Waals surface area contributed by atoms with E-state index < -0.39 is 0 Å². The lowest BCUT2D eigenvalue weighted by Crippen LogP contribution is -2.31. The fourth-order valence-electron chi connectivity index (χ4n) is 2.51. The zero-order valence-corrected chi connectivity index (χ0v) is 16.0. The quantitative estimate of drug-likeness (QED) is 0.556. The minimum Gasteiger partial charge on any atom is -0.490 e. The van der Waals surface area contributed by atoms with Gasteiger partial charge in [-0.1, -0.05) is 12.1 Å². The average molecular weight is 384 g/mol. The van der Waals surface area contributed by atoms with Crippen LogP contribution >= 0.6 is 11.3 Å². The van der Waals surface area contributed by atoms with E-state index in [1.165, 1.54) is 0 Å². The molecule has 0 saturated heterocycles. The van der Waals surface area contributed by atoms with Crippen molar-refractivity contribution in [2.24, 2.45) is 0 Å². The second kappa shape index (κ2) is 8.64. The number of ether oxygens (including phenoxy) is 2. The first-order valence-electron chi connectivity index (χ1n) is 8.54. The maximum absolute atomic E-state index is 12.4. The predicted octanol–water partition coefficient (Wildman–Crippen LogP) is 3.54. The maximum atomic E-state index is 12.4. The van der Waals surface area contributed by atoms with Gasteiger partial charge in [0.15, 0.2) is 18.1 Å². The number of aldehydes is 1. The first-order chi connectivity index (χ1) is 13.1. The second-order valence-corrected chi connectivity index (χ2v) is 6.99. The number of amides is 1. The summed E-state index contributed by atoms with van der Waals surface area (Å²) >= 11 is 1.57. The molecular formula is C20H20N2O4S. The Morgan fingerprint density at radius 3 is 2.74 bits per heavy atom. The number of carbonyl (C=O) groups excluding carboxylic acids is 2. The van der Waals surface area contributed by atoms with Crippen LogP contribution in [0, 0.1) is 0 Å². The summed E-state index contributed by atoms with van der Waals surface area (Å²) in [6, 6.07) is 12.7. The molecule has 27 heavy (non-hydrogen) atoms. The molecule has 7 heteroatoms. The summed E-state index contributed by atoms with van der Waals surface area (Å²) in [6.07, 6.45) is 0.739. The molecule has 0 spiro atoms. The third-order valence-electron chi connectivity index (χ3n) is 3.89. The standard InChI is InChI=1S/C20H20N2O4S/c1-3-25-17-10-14(12-23)8-9-16(17)26-13-20(24)22(2)11-19-21-15-6-4-5-7-18(15)27-19/h4-10,12H,3,11,13H2,1-2H3. The van der Waals surface area contributed by atoms with Crippen LogP contribution in [0.15, 0.2) is 42.5 Å². The lowest BCUT2D eigenvalue weighted by molar-refractivity contribution is -0.132. The van der Waals surface area contributed by atoms with Crippen LogP contribution < -0.4 is 9.47 Å². The van der Waals surface area contributed by atoms with Gasteiger partial charge in [-0.05, 0) is 37.3 Å². The Balaban J connectivity index is 1.62. The normalized spacial score (nSPS) is 10.6. The van der Waals surface area contributed by atoms with Crippen molar-refractivity contribution in [2.45, 2.75) is 13.5 Å². The summed E-state index contributed by atoms with van der Waals surface area (Å²) in [7, 11) is 1.72. The highest BCUT2D eigenvalue weighted by molar-refractivity contribution is 7.18. The zero-order valence-electron chi connectivity index (χ0n) is 15.2. The van der Waals surface area contributed by atoms with Crippen molar-refractivity contribution >= 4 is 33.7 Å². The molecule has 0 saturated carbocycles. The van der Waals surface area contributed by atoms with E-state index in [1.807, 2.05) is 31.2 Å². The molecule has 0 unspecified atom stereocenters. The largest absolute Gasteiger partial charge is 0.490 e. The van der Waals surface area contributed by atoms with Crippen molar-refractivity contribution in [1.82, 2.24) is 9.88 Å². The van der Waals surface area contributed by atoms with Crippen molar-refractivity contribution in [2.75, 3.05) is 20.3 Å². The van der Waals surface area contributed by atoms with Gasteiger partial charge < -0.3 is 14.4 Å². The Hall–Kier alpha value is -2.93.